The van der Waals surface area contributed by atoms with Crippen LogP contribution in [0.3, 0.4) is 0 Å². The molecule has 0 bridgehead atoms. The van der Waals surface area contributed by atoms with Crippen LogP contribution in [0.15, 0.2) is 30.5 Å². The summed E-state index contributed by atoms with van der Waals surface area (Å²) in [4.78, 5) is 11.9. The zero-order chi connectivity index (χ0) is 14.9. The minimum Gasteiger partial charge on any atom is -0.321 e. The van der Waals surface area contributed by atoms with Crippen molar-refractivity contribution in [2.24, 2.45) is 7.05 Å². The Morgan fingerprint density at radius 1 is 1.40 bits per heavy atom. The quantitative estimate of drug-likeness (QED) is 0.794. The molecule has 0 spiro atoms. The Bertz CT molecular complexity index is 652. The van der Waals surface area contributed by atoms with Gasteiger partial charge in [-0.1, -0.05) is 6.07 Å². The van der Waals surface area contributed by atoms with Crippen molar-refractivity contribution in [1.82, 2.24) is 9.78 Å². The maximum absolute atomic E-state index is 12.6. The molecular weight excluding hydrogens is 386 g/mol. The third kappa shape index (κ3) is 3.30. The Morgan fingerprint density at radius 3 is 2.65 bits per heavy atom. The smallest absolute Gasteiger partial charge is 0.321 e. The molecule has 0 aliphatic carbocycles. The number of alkyl halides is 3. The number of aryl methyl sites for hydroxylation is 1. The molecule has 20 heavy (non-hydrogen) atoms. The highest BCUT2D eigenvalue weighted by molar-refractivity contribution is 14.1. The number of rotatable bonds is 2. The average Bonchev–Trinajstić information content (AvgIpc) is 2.68. The SMILES string of the molecule is Cn1cc(I)c(C(=O)Nc2cccc(C(F)(F)F)c2)n1. The molecule has 0 saturated heterocycles. The van der Waals surface area contributed by atoms with E-state index in [1.807, 2.05) is 22.6 Å². The molecule has 1 heterocycles. The van der Waals surface area contributed by atoms with Crippen LogP contribution in [0.4, 0.5) is 18.9 Å². The number of nitrogens with zero attached hydrogens (tertiary/aromatic N) is 2. The lowest BCUT2D eigenvalue weighted by molar-refractivity contribution is -0.137. The number of carbonyl (C=O) groups excluding carboxylic acids is 1. The second kappa shape index (κ2) is 5.43. The van der Waals surface area contributed by atoms with E-state index < -0.39 is 17.6 Å². The highest BCUT2D eigenvalue weighted by Gasteiger charge is 2.30. The van der Waals surface area contributed by atoms with Crippen molar-refractivity contribution in [3.63, 3.8) is 0 Å². The minimum absolute atomic E-state index is 0.0753. The number of halogens is 4. The Hall–Kier alpha value is -1.58. The number of nitrogens with one attached hydrogen (secondary N) is 1. The maximum Gasteiger partial charge on any atom is 0.416 e. The Morgan fingerprint density at radius 2 is 2.10 bits per heavy atom. The van der Waals surface area contributed by atoms with E-state index in [1.165, 1.54) is 16.8 Å². The Kier molecular flexibility index (Phi) is 4.02. The van der Waals surface area contributed by atoms with Crippen molar-refractivity contribution in [2.75, 3.05) is 5.32 Å². The molecule has 1 N–H and O–H groups in total. The first-order valence-corrected chi connectivity index (χ1v) is 6.53. The first-order valence-electron chi connectivity index (χ1n) is 5.45. The standard InChI is InChI=1S/C12H9F3IN3O/c1-19-6-9(16)10(18-19)11(20)17-8-4-2-3-7(5-8)12(13,14)15/h2-6H,1H3,(H,17,20). The monoisotopic (exact) mass is 395 g/mol. The van der Waals surface area contributed by atoms with Gasteiger partial charge in [0, 0.05) is 18.9 Å². The molecule has 0 aliphatic heterocycles. The highest BCUT2D eigenvalue weighted by Crippen LogP contribution is 2.30. The number of carbonyl (C=O) groups is 1. The summed E-state index contributed by atoms with van der Waals surface area (Å²) in [5, 5.41) is 6.36. The summed E-state index contributed by atoms with van der Waals surface area (Å²) in [6.45, 7) is 0. The molecule has 2 aromatic rings. The fourth-order valence-electron chi connectivity index (χ4n) is 1.58. The number of anilines is 1. The van der Waals surface area contributed by atoms with Crippen LogP contribution in [0.5, 0.6) is 0 Å². The topological polar surface area (TPSA) is 46.9 Å². The number of benzene rings is 1. The predicted octanol–water partition coefficient (Wildman–Crippen LogP) is 3.30. The van der Waals surface area contributed by atoms with Crippen LogP contribution in [-0.2, 0) is 13.2 Å². The minimum atomic E-state index is -4.44. The molecule has 4 nitrogen and oxygen atoms in total. The van der Waals surface area contributed by atoms with Crippen molar-refractivity contribution < 1.29 is 18.0 Å². The summed E-state index contributed by atoms with van der Waals surface area (Å²) in [5.74, 6) is -0.547. The van der Waals surface area contributed by atoms with Crippen molar-refractivity contribution >= 4 is 34.2 Å². The van der Waals surface area contributed by atoms with Gasteiger partial charge in [0.15, 0.2) is 5.69 Å². The molecule has 8 heteroatoms. The molecule has 0 atom stereocenters. The summed E-state index contributed by atoms with van der Waals surface area (Å²) in [6, 6.07) is 4.46. The lowest BCUT2D eigenvalue weighted by atomic mass is 10.2. The summed E-state index contributed by atoms with van der Waals surface area (Å²) in [6.07, 6.45) is -2.80. The number of amides is 1. The van der Waals surface area contributed by atoms with Crippen LogP contribution in [-0.4, -0.2) is 15.7 Å². The van der Waals surface area contributed by atoms with Crippen molar-refractivity contribution in [3.8, 4) is 0 Å². The van der Waals surface area contributed by atoms with E-state index in [2.05, 4.69) is 10.4 Å². The third-order valence-electron chi connectivity index (χ3n) is 2.45. The lowest BCUT2D eigenvalue weighted by Crippen LogP contribution is -2.15. The number of aromatic nitrogens is 2. The fraction of sp³-hybridized carbons (Fsp3) is 0.167. The van der Waals surface area contributed by atoms with E-state index in [0.717, 1.165) is 12.1 Å². The van der Waals surface area contributed by atoms with Gasteiger partial charge in [-0.3, -0.25) is 9.48 Å². The molecule has 0 radical (unpaired) electrons. The van der Waals surface area contributed by atoms with Gasteiger partial charge in [0.1, 0.15) is 0 Å². The fourth-order valence-corrected chi connectivity index (χ4v) is 2.33. The van der Waals surface area contributed by atoms with E-state index in [9.17, 15) is 18.0 Å². The molecule has 1 amide bonds. The van der Waals surface area contributed by atoms with Crippen molar-refractivity contribution in [1.29, 1.82) is 0 Å². The van der Waals surface area contributed by atoms with E-state index >= 15 is 0 Å². The zero-order valence-electron chi connectivity index (χ0n) is 10.2. The first kappa shape index (κ1) is 14.8. The van der Waals surface area contributed by atoms with Gasteiger partial charge >= 0.3 is 6.18 Å². The van der Waals surface area contributed by atoms with Crippen LogP contribution in [0.1, 0.15) is 16.1 Å². The predicted molar refractivity (Wildman–Crippen MR) is 75.3 cm³/mol. The highest BCUT2D eigenvalue weighted by atomic mass is 127. The third-order valence-corrected chi connectivity index (χ3v) is 3.24. The Balaban J connectivity index is 2.22. The second-order valence-corrected chi connectivity index (χ2v) is 5.19. The van der Waals surface area contributed by atoms with Crippen LogP contribution in [0, 0.1) is 3.57 Å². The van der Waals surface area contributed by atoms with Gasteiger partial charge in [0.2, 0.25) is 0 Å². The largest absolute Gasteiger partial charge is 0.416 e. The molecule has 2 rings (SSSR count). The van der Waals surface area contributed by atoms with Crippen LogP contribution >= 0.6 is 22.6 Å². The molecule has 106 valence electrons. The normalized spacial score (nSPS) is 11.4. The first-order chi connectivity index (χ1) is 9.27. The van der Waals surface area contributed by atoms with E-state index in [0.29, 0.717) is 3.57 Å². The van der Waals surface area contributed by atoms with Gasteiger partial charge in [-0.2, -0.15) is 18.3 Å². The van der Waals surface area contributed by atoms with Gasteiger partial charge in [-0.05, 0) is 40.8 Å². The lowest BCUT2D eigenvalue weighted by Gasteiger charge is -2.09. The molecular formula is C12H9F3IN3O. The van der Waals surface area contributed by atoms with Crippen LogP contribution in [0.25, 0.3) is 0 Å². The van der Waals surface area contributed by atoms with Crippen LogP contribution < -0.4 is 5.32 Å². The van der Waals surface area contributed by atoms with Gasteiger partial charge in [-0.25, -0.2) is 0 Å². The van der Waals surface area contributed by atoms with Crippen molar-refractivity contribution in [2.45, 2.75) is 6.18 Å². The van der Waals surface area contributed by atoms with Gasteiger partial charge in [-0.15, -0.1) is 0 Å². The molecule has 0 unspecified atom stereocenters. The molecule has 0 saturated carbocycles. The molecule has 0 fully saturated rings. The van der Waals surface area contributed by atoms with E-state index in [1.54, 1.807) is 13.2 Å². The second-order valence-electron chi connectivity index (χ2n) is 4.03. The number of hydrogen-bond donors (Lipinski definition) is 1. The maximum atomic E-state index is 12.6. The summed E-state index contributed by atoms with van der Waals surface area (Å²) < 4.78 is 39.8. The van der Waals surface area contributed by atoms with Gasteiger partial charge in [0.05, 0.1) is 9.13 Å². The van der Waals surface area contributed by atoms with Gasteiger partial charge < -0.3 is 5.32 Å². The summed E-state index contributed by atoms with van der Waals surface area (Å²) in [5.41, 5.74) is -0.567. The summed E-state index contributed by atoms with van der Waals surface area (Å²) in [7, 11) is 1.66. The number of hydrogen-bond acceptors (Lipinski definition) is 2. The van der Waals surface area contributed by atoms with E-state index in [-0.39, 0.29) is 11.4 Å². The molecule has 0 aliphatic rings. The summed E-state index contributed by atoms with van der Waals surface area (Å²) >= 11 is 1.93. The van der Waals surface area contributed by atoms with E-state index in [4.69, 9.17) is 0 Å². The average molecular weight is 395 g/mol. The van der Waals surface area contributed by atoms with Crippen LogP contribution in [0.2, 0.25) is 0 Å². The van der Waals surface area contributed by atoms with Crippen molar-refractivity contribution in [3.05, 3.63) is 45.3 Å². The van der Waals surface area contributed by atoms with Gasteiger partial charge in [0.25, 0.3) is 5.91 Å². The molecule has 1 aromatic heterocycles. The zero-order valence-corrected chi connectivity index (χ0v) is 12.4. The molecule has 1 aromatic carbocycles. The Labute approximate surface area is 126 Å².